The van der Waals surface area contributed by atoms with Gasteiger partial charge < -0.3 is 19.6 Å². The van der Waals surface area contributed by atoms with Gasteiger partial charge in [-0.25, -0.2) is 4.39 Å². The molecule has 0 bridgehead atoms. The number of carbonyl (C=O) groups excluding carboxylic acids is 1. The van der Waals surface area contributed by atoms with Crippen LogP contribution in [0.5, 0.6) is 5.75 Å². The van der Waals surface area contributed by atoms with Gasteiger partial charge in [0.25, 0.3) is 0 Å². The quantitative estimate of drug-likeness (QED) is 0.857. The third-order valence-electron chi connectivity index (χ3n) is 2.86. The van der Waals surface area contributed by atoms with Gasteiger partial charge in [-0.2, -0.15) is 0 Å². The molecule has 0 unspecified atom stereocenters. The molecule has 1 aromatic carbocycles. The van der Waals surface area contributed by atoms with Crippen LogP contribution in [0.1, 0.15) is 20.8 Å². The molecule has 5 nitrogen and oxygen atoms in total. The summed E-state index contributed by atoms with van der Waals surface area (Å²) < 4.78 is 20.6. The van der Waals surface area contributed by atoms with Crippen molar-refractivity contribution in [2.24, 2.45) is 0 Å². The van der Waals surface area contributed by atoms with Crippen LogP contribution in [0.15, 0.2) is 12.1 Å². The molecule has 2 aromatic rings. The lowest BCUT2D eigenvalue weighted by Gasteiger charge is -2.20. The van der Waals surface area contributed by atoms with E-state index in [2.05, 4.69) is 10.3 Å². The monoisotopic (exact) mass is 311 g/mol. The Kier molecular flexibility index (Phi) is 4.04. The van der Waals surface area contributed by atoms with Crippen LogP contribution < -0.4 is 10.1 Å². The first kappa shape index (κ1) is 15.5. The van der Waals surface area contributed by atoms with Crippen molar-refractivity contribution in [3.63, 3.8) is 0 Å². The van der Waals surface area contributed by atoms with Gasteiger partial charge in [0, 0.05) is 17.7 Å². The van der Waals surface area contributed by atoms with Crippen molar-refractivity contribution in [3.8, 4) is 5.75 Å². The number of aromatic nitrogens is 2. The number of H-pyrrole nitrogens is 1. The van der Waals surface area contributed by atoms with Crippen molar-refractivity contribution in [1.82, 2.24) is 14.9 Å². The normalized spacial score (nSPS) is 11.7. The molecule has 0 spiro atoms. The van der Waals surface area contributed by atoms with Crippen molar-refractivity contribution >= 4 is 29.2 Å². The van der Waals surface area contributed by atoms with E-state index in [0.29, 0.717) is 15.8 Å². The summed E-state index contributed by atoms with van der Waals surface area (Å²) in [5.74, 6) is -0.531. The first-order chi connectivity index (χ1) is 9.71. The molecular formula is C14H18FN3O2S. The number of hydrogen-bond acceptors (Lipinski definition) is 3. The number of nitrogens with zero attached hydrogens (tertiary/aromatic N) is 1. The van der Waals surface area contributed by atoms with E-state index in [-0.39, 0.29) is 23.7 Å². The van der Waals surface area contributed by atoms with Gasteiger partial charge in [0.15, 0.2) is 16.3 Å². The molecule has 1 amide bonds. The lowest BCUT2D eigenvalue weighted by atomic mass is 10.1. The summed E-state index contributed by atoms with van der Waals surface area (Å²) in [6, 6.07) is 2.84. The highest BCUT2D eigenvalue weighted by Gasteiger charge is 2.16. The number of halogens is 1. The van der Waals surface area contributed by atoms with Gasteiger partial charge in [0.2, 0.25) is 5.91 Å². The van der Waals surface area contributed by atoms with Gasteiger partial charge >= 0.3 is 0 Å². The van der Waals surface area contributed by atoms with Crippen molar-refractivity contribution in [3.05, 3.63) is 22.7 Å². The van der Waals surface area contributed by atoms with Gasteiger partial charge in [-0.3, -0.25) is 4.79 Å². The van der Waals surface area contributed by atoms with Gasteiger partial charge in [-0.05, 0) is 33.0 Å². The highest BCUT2D eigenvalue weighted by Crippen LogP contribution is 2.24. The van der Waals surface area contributed by atoms with E-state index >= 15 is 0 Å². The first-order valence-electron chi connectivity index (χ1n) is 6.48. The number of nitrogens with one attached hydrogen (secondary N) is 2. The molecule has 0 saturated carbocycles. The molecule has 2 N–H and O–H groups in total. The minimum atomic E-state index is -0.479. The Labute approximate surface area is 127 Å². The zero-order chi connectivity index (χ0) is 15.8. The fourth-order valence-electron chi connectivity index (χ4n) is 2.07. The van der Waals surface area contributed by atoms with E-state index in [4.69, 9.17) is 17.0 Å². The second-order valence-corrected chi connectivity index (χ2v) is 6.21. The molecule has 0 radical (unpaired) electrons. The number of amides is 1. The number of rotatable bonds is 3. The van der Waals surface area contributed by atoms with E-state index in [1.165, 1.54) is 19.2 Å². The Morgan fingerprint density at radius 2 is 2.14 bits per heavy atom. The van der Waals surface area contributed by atoms with Crippen LogP contribution in [0.4, 0.5) is 4.39 Å². The number of aromatic amines is 1. The number of ether oxygens (including phenoxy) is 1. The fraction of sp³-hybridized carbons (Fsp3) is 0.429. The number of benzene rings is 1. The van der Waals surface area contributed by atoms with Crippen LogP contribution in [0, 0.1) is 10.6 Å². The van der Waals surface area contributed by atoms with E-state index in [1.54, 1.807) is 4.57 Å². The van der Waals surface area contributed by atoms with Gasteiger partial charge in [-0.15, -0.1) is 0 Å². The van der Waals surface area contributed by atoms with Crippen molar-refractivity contribution < 1.29 is 13.9 Å². The zero-order valence-corrected chi connectivity index (χ0v) is 13.2. The van der Waals surface area contributed by atoms with E-state index in [9.17, 15) is 9.18 Å². The summed E-state index contributed by atoms with van der Waals surface area (Å²) in [6.45, 7) is 5.76. The van der Waals surface area contributed by atoms with Crippen LogP contribution in [0.25, 0.3) is 11.0 Å². The predicted octanol–water partition coefficient (Wildman–Crippen LogP) is 2.76. The molecule has 7 heteroatoms. The number of hydrogen-bond donors (Lipinski definition) is 2. The van der Waals surface area contributed by atoms with Crippen LogP contribution in [-0.4, -0.2) is 28.1 Å². The molecule has 0 aliphatic rings. The third-order valence-corrected chi connectivity index (χ3v) is 3.19. The van der Waals surface area contributed by atoms with E-state index in [1.807, 2.05) is 20.8 Å². The molecular weight excluding hydrogens is 293 g/mol. The average Bonchev–Trinajstić information content (AvgIpc) is 2.62. The standard InChI is InChI=1S/C14H18FN3O2S/c1-14(2,3)17-12(19)7-18-10-6-11(20-4)8(15)5-9(10)16-13(18)21/h5-6H,7H2,1-4H3,(H,16,21)(H,17,19). The SMILES string of the molecule is COc1cc2c(cc1F)[nH]c(=S)n2CC(=O)NC(C)(C)C. The maximum atomic E-state index is 13.7. The van der Waals surface area contributed by atoms with Crippen LogP contribution in [-0.2, 0) is 11.3 Å². The number of methoxy groups -OCH3 is 1. The molecule has 21 heavy (non-hydrogen) atoms. The number of fused-ring (bicyclic) bond motifs is 1. The minimum Gasteiger partial charge on any atom is -0.494 e. The summed E-state index contributed by atoms with van der Waals surface area (Å²) in [5.41, 5.74) is 0.832. The topological polar surface area (TPSA) is 59.0 Å². The Morgan fingerprint density at radius 3 is 2.71 bits per heavy atom. The second kappa shape index (κ2) is 5.48. The Morgan fingerprint density at radius 1 is 1.48 bits per heavy atom. The molecule has 114 valence electrons. The Balaban J connectivity index is 2.42. The van der Waals surface area contributed by atoms with Crippen molar-refractivity contribution in [1.29, 1.82) is 0 Å². The molecule has 0 aliphatic carbocycles. The second-order valence-electron chi connectivity index (χ2n) is 5.82. The molecule has 1 heterocycles. The molecule has 0 saturated heterocycles. The third kappa shape index (κ3) is 3.41. The molecule has 0 atom stereocenters. The maximum absolute atomic E-state index is 13.7. The zero-order valence-electron chi connectivity index (χ0n) is 12.4. The van der Waals surface area contributed by atoms with Gasteiger partial charge in [-0.1, -0.05) is 0 Å². The first-order valence-corrected chi connectivity index (χ1v) is 6.89. The van der Waals surface area contributed by atoms with Crippen LogP contribution in [0.3, 0.4) is 0 Å². The smallest absolute Gasteiger partial charge is 0.240 e. The van der Waals surface area contributed by atoms with Crippen molar-refractivity contribution in [2.75, 3.05) is 7.11 Å². The van der Waals surface area contributed by atoms with E-state index < -0.39 is 5.82 Å². The predicted molar refractivity (Wildman–Crippen MR) is 81.5 cm³/mol. The molecule has 2 rings (SSSR count). The van der Waals surface area contributed by atoms with Crippen molar-refractivity contribution in [2.45, 2.75) is 32.9 Å². The number of imidazole rings is 1. The maximum Gasteiger partial charge on any atom is 0.240 e. The summed E-state index contributed by atoms with van der Waals surface area (Å²) in [4.78, 5) is 14.9. The summed E-state index contributed by atoms with van der Waals surface area (Å²) in [5, 5.41) is 2.86. The summed E-state index contributed by atoms with van der Waals surface area (Å²) in [7, 11) is 1.39. The highest BCUT2D eigenvalue weighted by atomic mass is 32.1. The van der Waals surface area contributed by atoms with Crippen LogP contribution >= 0.6 is 12.2 Å². The van der Waals surface area contributed by atoms with Gasteiger partial charge in [0.1, 0.15) is 6.54 Å². The van der Waals surface area contributed by atoms with Crippen LogP contribution in [0.2, 0.25) is 0 Å². The Hall–Kier alpha value is -1.89. The van der Waals surface area contributed by atoms with E-state index in [0.717, 1.165) is 0 Å². The fourth-order valence-corrected chi connectivity index (χ4v) is 2.35. The molecule has 1 aromatic heterocycles. The highest BCUT2D eigenvalue weighted by molar-refractivity contribution is 7.71. The number of carbonyl (C=O) groups is 1. The lowest BCUT2D eigenvalue weighted by molar-refractivity contribution is -0.123. The molecule has 0 fully saturated rings. The summed E-state index contributed by atoms with van der Waals surface area (Å²) in [6.07, 6.45) is 0. The lowest BCUT2D eigenvalue weighted by Crippen LogP contribution is -2.42. The summed E-state index contributed by atoms with van der Waals surface area (Å²) >= 11 is 5.20. The van der Waals surface area contributed by atoms with Gasteiger partial charge in [0.05, 0.1) is 18.1 Å². The average molecular weight is 311 g/mol. The minimum absolute atomic E-state index is 0.0604. The largest absolute Gasteiger partial charge is 0.494 e. The Bertz CT molecular complexity index is 743. The molecule has 0 aliphatic heterocycles.